The van der Waals surface area contributed by atoms with Crippen molar-refractivity contribution in [2.45, 2.75) is 18.1 Å². The van der Waals surface area contributed by atoms with Crippen molar-refractivity contribution < 1.29 is 4.79 Å². The number of allylic oxidation sites excluding steroid dienone is 1. The van der Waals surface area contributed by atoms with Gasteiger partial charge in [-0.05, 0) is 43.0 Å². The average Bonchev–Trinajstić information content (AvgIpc) is 3.12. The molecule has 8 heteroatoms. The van der Waals surface area contributed by atoms with Gasteiger partial charge in [0.1, 0.15) is 6.04 Å². The summed E-state index contributed by atoms with van der Waals surface area (Å²) in [6.45, 7) is 1.88. The van der Waals surface area contributed by atoms with Gasteiger partial charge in [-0.25, -0.2) is 4.68 Å². The van der Waals surface area contributed by atoms with E-state index < -0.39 is 0 Å². The van der Waals surface area contributed by atoms with Crippen LogP contribution >= 0.6 is 23.4 Å². The van der Waals surface area contributed by atoms with Crippen molar-refractivity contribution in [3.05, 3.63) is 76.5 Å². The molecule has 0 saturated carbocycles. The van der Waals surface area contributed by atoms with Crippen LogP contribution in [0.5, 0.6) is 0 Å². The van der Waals surface area contributed by atoms with Gasteiger partial charge in [-0.3, -0.25) is 4.79 Å². The molecular weight excluding hydrogens is 394 g/mol. The van der Waals surface area contributed by atoms with Gasteiger partial charge in [-0.1, -0.05) is 53.7 Å². The van der Waals surface area contributed by atoms with Gasteiger partial charge in [0.05, 0.1) is 5.57 Å². The van der Waals surface area contributed by atoms with Gasteiger partial charge in [-0.15, -0.1) is 5.10 Å². The number of carbonyl (C=O) groups is 1. The van der Waals surface area contributed by atoms with Gasteiger partial charge in [-0.2, -0.15) is 4.98 Å². The van der Waals surface area contributed by atoms with Crippen LogP contribution < -0.4 is 10.6 Å². The van der Waals surface area contributed by atoms with Crippen LogP contribution in [-0.4, -0.2) is 26.9 Å². The number of nitrogens with zero attached hydrogens (tertiary/aromatic N) is 3. The minimum Gasteiger partial charge on any atom is -0.328 e. The fourth-order valence-corrected chi connectivity index (χ4v) is 3.66. The fourth-order valence-electron chi connectivity index (χ4n) is 3.19. The lowest BCUT2D eigenvalue weighted by Gasteiger charge is -2.28. The molecule has 142 valence electrons. The van der Waals surface area contributed by atoms with Gasteiger partial charge in [0.2, 0.25) is 11.1 Å². The molecule has 0 unspecified atom stereocenters. The predicted molar refractivity (Wildman–Crippen MR) is 113 cm³/mol. The molecule has 28 heavy (non-hydrogen) atoms. The summed E-state index contributed by atoms with van der Waals surface area (Å²) in [7, 11) is 0. The summed E-state index contributed by atoms with van der Waals surface area (Å²) in [5, 5.41) is 12.0. The maximum atomic E-state index is 13.2. The standard InChI is InChI=1S/C20H18ClN5OS/c1-12-16(18(27)23-15-10-8-14(21)9-11-15)17(13-6-4-3-5-7-13)26-19(22-12)24-20(25-26)28-2/h3-11,17H,1-2H3,(H,23,27)(H,22,24,25)/t17-/m0/s1. The number of halogens is 1. The zero-order valence-corrected chi connectivity index (χ0v) is 16.9. The second-order valence-electron chi connectivity index (χ2n) is 6.30. The zero-order valence-electron chi connectivity index (χ0n) is 15.3. The lowest BCUT2D eigenvalue weighted by molar-refractivity contribution is -0.113. The van der Waals surface area contributed by atoms with Crippen LogP contribution in [0.1, 0.15) is 18.5 Å². The Morgan fingerprint density at radius 3 is 2.57 bits per heavy atom. The SMILES string of the molecule is CSc1nc2n(n1)[C@@H](c1ccccc1)C(C(=O)Nc1ccc(Cl)cc1)=C(C)N2. The molecule has 1 aliphatic heterocycles. The topological polar surface area (TPSA) is 71.8 Å². The Balaban J connectivity index is 1.76. The Morgan fingerprint density at radius 2 is 1.89 bits per heavy atom. The molecule has 2 N–H and O–H groups in total. The normalized spacial score (nSPS) is 15.8. The van der Waals surface area contributed by atoms with Crippen LogP contribution in [0.25, 0.3) is 0 Å². The third kappa shape index (κ3) is 3.50. The Kier molecular flexibility index (Phi) is 5.11. The van der Waals surface area contributed by atoms with E-state index in [1.165, 1.54) is 11.8 Å². The molecule has 0 radical (unpaired) electrons. The summed E-state index contributed by atoms with van der Waals surface area (Å²) in [6, 6.07) is 16.5. The number of fused-ring (bicyclic) bond motifs is 1. The highest BCUT2D eigenvalue weighted by atomic mass is 35.5. The Labute approximate surface area is 172 Å². The molecule has 1 amide bonds. The molecule has 1 aliphatic rings. The number of carbonyl (C=O) groups excluding carboxylic acids is 1. The number of hydrogen-bond acceptors (Lipinski definition) is 5. The number of amides is 1. The monoisotopic (exact) mass is 411 g/mol. The molecule has 0 spiro atoms. The summed E-state index contributed by atoms with van der Waals surface area (Å²) in [6.07, 6.45) is 1.92. The fraction of sp³-hybridized carbons (Fsp3) is 0.150. The molecule has 0 aliphatic carbocycles. The summed E-state index contributed by atoms with van der Waals surface area (Å²) < 4.78 is 1.77. The molecule has 6 nitrogen and oxygen atoms in total. The van der Waals surface area contributed by atoms with Crippen molar-refractivity contribution in [2.75, 3.05) is 16.9 Å². The predicted octanol–water partition coefficient (Wildman–Crippen LogP) is 4.58. The van der Waals surface area contributed by atoms with Crippen LogP contribution in [0.2, 0.25) is 5.02 Å². The van der Waals surface area contributed by atoms with E-state index in [-0.39, 0.29) is 11.9 Å². The van der Waals surface area contributed by atoms with E-state index in [9.17, 15) is 4.79 Å². The largest absolute Gasteiger partial charge is 0.328 e. The van der Waals surface area contributed by atoms with E-state index in [0.717, 1.165) is 11.3 Å². The number of hydrogen-bond donors (Lipinski definition) is 2. The van der Waals surface area contributed by atoms with Crippen molar-refractivity contribution in [1.82, 2.24) is 14.8 Å². The second kappa shape index (κ2) is 7.69. The Morgan fingerprint density at radius 1 is 1.18 bits per heavy atom. The minimum atomic E-state index is -0.377. The third-order valence-electron chi connectivity index (χ3n) is 4.48. The summed E-state index contributed by atoms with van der Waals surface area (Å²) >= 11 is 7.40. The quantitative estimate of drug-likeness (QED) is 0.615. The Bertz CT molecular complexity index is 1050. The van der Waals surface area contributed by atoms with E-state index in [2.05, 4.69) is 20.7 Å². The van der Waals surface area contributed by atoms with Gasteiger partial charge in [0.15, 0.2) is 0 Å². The minimum absolute atomic E-state index is 0.201. The maximum absolute atomic E-state index is 13.2. The molecule has 4 rings (SSSR count). The smallest absolute Gasteiger partial charge is 0.255 e. The van der Waals surface area contributed by atoms with Crippen LogP contribution in [0.15, 0.2) is 71.0 Å². The zero-order chi connectivity index (χ0) is 19.7. The van der Waals surface area contributed by atoms with E-state index in [0.29, 0.717) is 27.4 Å². The number of thioether (sulfide) groups is 1. The van der Waals surface area contributed by atoms with E-state index in [1.807, 2.05) is 43.5 Å². The molecule has 3 aromatic rings. The number of rotatable bonds is 4. The molecule has 0 saturated heterocycles. The third-order valence-corrected chi connectivity index (χ3v) is 5.27. The number of anilines is 2. The molecule has 2 heterocycles. The molecule has 0 fully saturated rings. The van der Waals surface area contributed by atoms with Crippen molar-refractivity contribution in [2.24, 2.45) is 0 Å². The van der Waals surface area contributed by atoms with Crippen molar-refractivity contribution >= 4 is 40.9 Å². The van der Waals surface area contributed by atoms with E-state index in [1.54, 1.807) is 28.9 Å². The first-order valence-corrected chi connectivity index (χ1v) is 10.3. The van der Waals surface area contributed by atoms with Gasteiger partial charge >= 0.3 is 0 Å². The highest BCUT2D eigenvalue weighted by molar-refractivity contribution is 7.98. The van der Waals surface area contributed by atoms with Crippen LogP contribution in [-0.2, 0) is 4.79 Å². The highest BCUT2D eigenvalue weighted by Gasteiger charge is 2.34. The first kappa shape index (κ1) is 18.6. The molecule has 2 aromatic carbocycles. The van der Waals surface area contributed by atoms with Gasteiger partial charge < -0.3 is 10.6 Å². The second-order valence-corrected chi connectivity index (χ2v) is 7.51. The summed E-state index contributed by atoms with van der Waals surface area (Å²) in [5.41, 5.74) is 2.97. The average molecular weight is 412 g/mol. The maximum Gasteiger partial charge on any atom is 0.255 e. The first-order valence-electron chi connectivity index (χ1n) is 8.67. The number of aromatic nitrogens is 3. The van der Waals surface area contributed by atoms with Crippen molar-refractivity contribution in [3.8, 4) is 0 Å². The molecule has 1 atom stereocenters. The summed E-state index contributed by atoms with van der Waals surface area (Å²) in [5.74, 6) is 0.423. The molecule has 0 bridgehead atoms. The number of nitrogens with one attached hydrogen (secondary N) is 2. The molecular formula is C20H18ClN5OS. The van der Waals surface area contributed by atoms with Crippen molar-refractivity contribution in [3.63, 3.8) is 0 Å². The van der Waals surface area contributed by atoms with E-state index >= 15 is 0 Å². The lowest BCUT2D eigenvalue weighted by atomic mass is 9.95. The number of benzene rings is 2. The van der Waals surface area contributed by atoms with Crippen LogP contribution in [0.4, 0.5) is 11.6 Å². The van der Waals surface area contributed by atoms with E-state index in [4.69, 9.17) is 11.6 Å². The van der Waals surface area contributed by atoms with Crippen molar-refractivity contribution in [1.29, 1.82) is 0 Å². The molecule has 1 aromatic heterocycles. The van der Waals surface area contributed by atoms with Crippen LogP contribution in [0, 0.1) is 0 Å². The van der Waals surface area contributed by atoms with Gasteiger partial charge in [0, 0.05) is 16.4 Å². The highest BCUT2D eigenvalue weighted by Crippen LogP contribution is 2.36. The lowest BCUT2D eigenvalue weighted by Crippen LogP contribution is -2.31. The van der Waals surface area contributed by atoms with Gasteiger partial charge in [0.25, 0.3) is 5.91 Å². The van der Waals surface area contributed by atoms with Crippen LogP contribution in [0.3, 0.4) is 0 Å². The Hall–Kier alpha value is -2.77. The summed E-state index contributed by atoms with van der Waals surface area (Å²) in [4.78, 5) is 17.7. The first-order chi connectivity index (χ1) is 13.6.